The lowest BCUT2D eigenvalue weighted by atomic mass is 9.89. The highest BCUT2D eigenvalue weighted by atomic mass is 16.5. The van der Waals surface area contributed by atoms with E-state index in [0.717, 1.165) is 12.1 Å². The number of hydrogen-bond donors (Lipinski definition) is 2. The molecule has 2 N–H and O–H groups in total. The summed E-state index contributed by atoms with van der Waals surface area (Å²) in [6, 6.07) is 12.0. The number of carbonyl (C=O) groups is 1. The summed E-state index contributed by atoms with van der Waals surface area (Å²) in [5.74, 6) is 1.55. The summed E-state index contributed by atoms with van der Waals surface area (Å²) in [6.45, 7) is 7.21. The Hall–Kier alpha value is -2.30. The molecule has 23 heavy (non-hydrogen) atoms. The number of urea groups is 1. The molecular weight excluding hydrogens is 290 g/mol. The highest BCUT2D eigenvalue weighted by Gasteiger charge is 2.15. The van der Waals surface area contributed by atoms with E-state index in [4.69, 9.17) is 4.52 Å². The van der Waals surface area contributed by atoms with Crippen LogP contribution in [-0.2, 0) is 13.0 Å². The molecule has 0 unspecified atom stereocenters. The summed E-state index contributed by atoms with van der Waals surface area (Å²) in [4.78, 5) is 11.9. The van der Waals surface area contributed by atoms with E-state index in [2.05, 4.69) is 41.8 Å². The maximum Gasteiger partial charge on any atom is 0.315 e. The zero-order chi connectivity index (χ0) is 16.7. The number of nitrogens with one attached hydrogen (secondary N) is 2. The lowest BCUT2D eigenvalue weighted by Gasteiger charge is -2.21. The first kappa shape index (κ1) is 17.1. The van der Waals surface area contributed by atoms with Gasteiger partial charge in [-0.05, 0) is 30.7 Å². The number of carbonyl (C=O) groups excluding carboxylic acids is 1. The second-order valence-corrected chi connectivity index (χ2v) is 6.19. The average molecular weight is 315 g/mol. The average Bonchev–Trinajstić information content (AvgIpc) is 2.95. The molecule has 0 spiro atoms. The van der Waals surface area contributed by atoms with Crippen LogP contribution in [0.5, 0.6) is 0 Å². The van der Waals surface area contributed by atoms with Crippen molar-refractivity contribution in [2.45, 2.75) is 33.7 Å². The number of hydrogen-bond acceptors (Lipinski definition) is 3. The number of benzene rings is 1. The van der Waals surface area contributed by atoms with Gasteiger partial charge in [0, 0.05) is 12.6 Å². The molecule has 0 aliphatic heterocycles. The van der Waals surface area contributed by atoms with Crippen molar-refractivity contribution in [3.05, 3.63) is 53.4 Å². The van der Waals surface area contributed by atoms with Crippen LogP contribution in [0.2, 0.25) is 0 Å². The van der Waals surface area contributed by atoms with Crippen molar-refractivity contribution in [1.29, 1.82) is 0 Å². The Bertz CT molecular complexity index is 608. The fourth-order valence-corrected chi connectivity index (χ4v) is 2.41. The largest absolute Gasteiger partial charge is 0.359 e. The van der Waals surface area contributed by atoms with Crippen LogP contribution in [0.25, 0.3) is 0 Å². The smallest absolute Gasteiger partial charge is 0.315 e. The maximum absolute atomic E-state index is 11.9. The van der Waals surface area contributed by atoms with Crippen LogP contribution in [0.15, 0.2) is 40.9 Å². The second-order valence-electron chi connectivity index (χ2n) is 6.19. The summed E-state index contributed by atoms with van der Waals surface area (Å²) in [7, 11) is 0. The van der Waals surface area contributed by atoms with Gasteiger partial charge in [-0.25, -0.2) is 4.79 Å². The molecule has 0 fully saturated rings. The quantitative estimate of drug-likeness (QED) is 0.824. The minimum absolute atomic E-state index is 0.183. The summed E-state index contributed by atoms with van der Waals surface area (Å²) in [5.41, 5.74) is 2.11. The van der Waals surface area contributed by atoms with E-state index in [1.807, 2.05) is 31.2 Å². The molecule has 1 aromatic heterocycles. The van der Waals surface area contributed by atoms with Crippen molar-refractivity contribution in [1.82, 2.24) is 15.8 Å². The minimum atomic E-state index is -0.183. The monoisotopic (exact) mass is 315 g/mol. The van der Waals surface area contributed by atoms with Crippen molar-refractivity contribution < 1.29 is 9.32 Å². The summed E-state index contributed by atoms with van der Waals surface area (Å²) >= 11 is 0. The van der Waals surface area contributed by atoms with Gasteiger partial charge >= 0.3 is 6.03 Å². The van der Waals surface area contributed by atoms with Crippen LogP contribution in [0.1, 0.15) is 30.9 Å². The van der Waals surface area contributed by atoms with Gasteiger partial charge in [-0.1, -0.05) is 49.3 Å². The lowest BCUT2D eigenvalue weighted by molar-refractivity contribution is 0.234. The van der Waals surface area contributed by atoms with E-state index < -0.39 is 0 Å². The molecule has 2 aromatic rings. The minimum Gasteiger partial charge on any atom is -0.359 e. The normalized spacial score (nSPS) is 12.2. The van der Waals surface area contributed by atoms with E-state index >= 15 is 0 Å². The second kappa shape index (κ2) is 8.36. The van der Waals surface area contributed by atoms with Gasteiger partial charge in [0.2, 0.25) is 0 Å². The first-order chi connectivity index (χ1) is 11.0. The van der Waals surface area contributed by atoms with Gasteiger partial charge in [-0.15, -0.1) is 0 Å². The van der Waals surface area contributed by atoms with Crippen molar-refractivity contribution in [2.75, 3.05) is 6.54 Å². The maximum atomic E-state index is 11.9. The van der Waals surface area contributed by atoms with Crippen molar-refractivity contribution in [3.8, 4) is 0 Å². The third-order valence-electron chi connectivity index (χ3n) is 3.91. The lowest BCUT2D eigenvalue weighted by Crippen LogP contribution is -2.39. The third-order valence-corrected chi connectivity index (χ3v) is 3.91. The topological polar surface area (TPSA) is 67.2 Å². The van der Waals surface area contributed by atoms with Gasteiger partial charge in [-0.3, -0.25) is 0 Å². The van der Waals surface area contributed by atoms with Gasteiger partial charge in [0.05, 0.1) is 12.2 Å². The standard InChI is InChI=1S/C18H25N3O2/c1-13(2)16(10-15-7-5-4-6-8-15)11-19-18(22)20-12-17-9-14(3)21-23-17/h4-9,13,16H,10-12H2,1-3H3,(H2,19,20,22)/t16-/m0/s1. The number of amides is 2. The first-order valence-corrected chi connectivity index (χ1v) is 8.02. The summed E-state index contributed by atoms with van der Waals surface area (Å²) in [5, 5.41) is 9.53. The molecule has 0 saturated heterocycles. The fourth-order valence-electron chi connectivity index (χ4n) is 2.41. The van der Waals surface area contributed by atoms with Crippen LogP contribution in [0.4, 0.5) is 4.79 Å². The van der Waals surface area contributed by atoms with Crippen LogP contribution in [0.3, 0.4) is 0 Å². The van der Waals surface area contributed by atoms with Gasteiger partial charge < -0.3 is 15.2 Å². The Labute approximate surface area is 137 Å². The van der Waals surface area contributed by atoms with Gasteiger partial charge in [0.25, 0.3) is 0 Å². The molecule has 0 saturated carbocycles. The molecule has 0 radical (unpaired) electrons. The third kappa shape index (κ3) is 5.77. The van der Waals surface area contributed by atoms with E-state index in [1.165, 1.54) is 5.56 Å². The molecule has 1 atom stereocenters. The van der Waals surface area contributed by atoms with E-state index in [0.29, 0.717) is 30.7 Å². The molecular formula is C18H25N3O2. The molecule has 1 heterocycles. The molecule has 5 nitrogen and oxygen atoms in total. The Morgan fingerprint density at radius 1 is 1.22 bits per heavy atom. The summed E-state index contributed by atoms with van der Waals surface area (Å²) < 4.78 is 5.07. The van der Waals surface area contributed by atoms with E-state index in [9.17, 15) is 4.79 Å². The number of rotatable bonds is 7. The molecule has 2 amide bonds. The molecule has 2 rings (SSSR count). The highest BCUT2D eigenvalue weighted by Crippen LogP contribution is 2.16. The highest BCUT2D eigenvalue weighted by molar-refractivity contribution is 5.73. The predicted octanol–water partition coefficient (Wildman–Crippen LogP) is 3.30. The Morgan fingerprint density at radius 2 is 1.96 bits per heavy atom. The molecule has 124 valence electrons. The zero-order valence-electron chi connectivity index (χ0n) is 14.0. The Kier molecular flexibility index (Phi) is 6.20. The molecule has 1 aromatic carbocycles. The van der Waals surface area contributed by atoms with Gasteiger partial charge in [-0.2, -0.15) is 0 Å². The van der Waals surface area contributed by atoms with Gasteiger partial charge in [0.1, 0.15) is 0 Å². The fraction of sp³-hybridized carbons (Fsp3) is 0.444. The molecule has 0 aliphatic rings. The Morgan fingerprint density at radius 3 is 2.57 bits per heavy atom. The van der Waals surface area contributed by atoms with E-state index in [1.54, 1.807) is 0 Å². The van der Waals surface area contributed by atoms with Crippen LogP contribution >= 0.6 is 0 Å². The van der Waals surface area contributed by atoms with Crippen molar-refractivity contribution >= 4 is 6.03 Å². The Balaban J connectivity index is 1.77. The van der Waals surface area contributed by atoms with Gasteiger partial charge in [0.15, 0.2) is 5.76 Å². The van der Waals surface area contributed by atoms with E-state index in [-0.39, 0.29) is 6.03 Å². The van der Waals surface area contributed by atoms with Crippen LogP contribution in [0, 0.1) is 18.8 Å². The number of aryl methyl sites for hydroxylation is 1. The molecule has 5 heteroatoms. The molecule has 0 bridgehead atoms. The predicted molar refractivity (Wildman–Crippen MR) is 90.0 cm³/mol. The SMILES string of the molecule is Cc1cc(CNC(=O)NC[C@H](Cc2ccccc2)C(C)C)on1. The molecule has 0 aliphatic carbocycles. The zero-order valence-corrected chi connectivity index (χ0v) is 14.0. The van der Waals surface area contributed by atoms with Crippen molar-refractivity contribution in [3.63, 3.8) is 0 Å². The van der Waals surface area contributed by atoms with Crippen LogP contribution < -0.4 is 10.6 Å². The number of nitrogens with zero attached hydrogens (tertiary/aromatic N) is 1. The first-order valence-electron chi connectivity index (χ1n) is 8.02. The van der Waals surface area contributed by atoms with Crippen LogP contribution in [-0.4, -0.2) is 17.7 Å². The van der Waals surface area contributed by atoms with Crippen molar-refractivity contribution in [2.24, 2.45) is 11.8 Å². The number of aromatic nitrogens is 1. The summed E-state index contributed by atoms with van der Waals surface area (Å²) in [6.07, 6.45) is 0.958.